The minimum Gasteiger partial charge on any atom is -0.383 e. The first-order chi connectivity index (χ1) is 8.49. The van der Waals surface area contributed by atoms with E-state index in [2.05, 4.69) is 21.0 Å². The molecule has 2 rings (SSSR count). The number of rotatable bonds is 3. The van der Waals surface area contributed by atoms with Gasteiger partial charge in [0, 0.05) is 0 Å². The molecule has 5 heteroatoms. The van der Waals surface area contributed by atoms with Crippen LogP contribution < -0.4 is 5.73 Å². The predicted molar refractivity (Wildman–Crippen MR) is 73.9 cm³/mol. The van der Waals surface area contributed by atoms with Crippen molar-refractivity contribution in [2.75, 3.05) is 5.73 Å². The molecule has 1 unspecified atom stereocenters. The van der Waals surface area contributed by atoms with Crippen LogP contribution in [0.4, 0.5) is 10.2 Å². The Labute approximate surface area is 114 Å². The summed E-state index contributed by atoms with van der Waals surface area (Å²) in [5.41, 5.74) is 7.91. The Morgan fingerprint density at radius 1 is 1.39 bits per heavy atom. The molecule has 1 aromatic carbocycles. The summed E-state index contributed by atoms with van der Waals surface area (Å²) in [7, 11) is 0. The zero-order valence-electron chi connectivity index (χ0n) is 10.3. The number of anilines is 1. The van der Waals surface area contributed by atoms with Gasteiger partial charge < -0.3 is 5.73 Å². The summed E-state index contributed by atoms with van der Waals surface area (Å²) in [6, 6.07) is 6.63. The van der Waals surface area contributed by atoms with Crippen molar-refractivity contribution in [1.29, 1.82) is 0 Å². The van der Waals surface area contributed by atoms with Gasteiger partial charge in [0.05, 0.1) is 16.2 Å². The van der Waals surface area contributed by atoms with Crippen LogP contribution in [0.2, 0.25) is 0 Å². The fourth-order valence-electron chi connectivity index (χ4n) is 1.93. The molecular weight excluding hydrogens is 297 g/mol. The first-order valence-electron chi connectivity index (χ1n) is 5.73. The lowest BCUT2D eigenvalue weighted by Crippen LogP contribution is -2.12. The van der Waals surface area contributed by atoms with E-state index in [9.17, 15) is 4.39 Å². The van der Waals surface area contributed by atoms with Crippen molar-refractivity contribution in [3.8, 4) is 0 Å². The van der Waals surface area contributed by atoms with Crippen molar-refractivity contribution < 1.29 is 4.39 Å². The summed E-state index contributed by atoms with van der Waals surface area (Å²) in [4.78, 5) is 0. The van der Waals surface area contributed by atoms with Gasteiger partial charge in [-0.05, 0) is 53.9 Å². The minimum atomic E-state index is -0.219. The number of hydrogen-bond acceptors (Lipinski definition) is 2. The summed E-state index contributed by atoms with van der Waals surface area (Å²) >= 11 is 3.41. The molecular formula is C13H15BrFN3. The average Bonchev–Trinajstić information content (AvgIpc) is 2.60. The molecule has 1 aromatic heterocycles. The standard InChI is InChI=1S/C13H15BrFN3/c1-8(7-10-3-5-11(15)6-4-10)18-13(16)12(14)9(2)17-18/h3-6,8H,7,16H2,1-2H3. The maximum atomic E-state index is 12.8. The number of aromatic nitrogens is 2. The predicted octanol–water partition coefficient (Wildman–Crippen LogP) is 3.48. The molecule has 0 saturated heterocycles. The van der Waals surface area contributed by atoms with E-state index >= 15 is 0 Å². The van der Waals surface area contributed by atoms with Gasteiger partial charge in [-0.15, -0.1) is 0 Å². The summed E-state index contributed by atoms with van der Waals surface area (Å²) in [5.74, 6) is 0.408. The SMILES string of the molecule is Cc1nn(C(C)Cc2ccc(F)cc2)c(N)c1Br. The van der Waals surface area contributed by atoms with E-state index in [1.54, 1.807) is 16.8 Å². The third kappa shape index (κ3) is 2.56. The van der Waals surface area contributed by atoms with Crippen molar-refractivity contribution in [3.05, 3.63) is 45.8 Å². The molecule has 0 radical (unpaired) electrons. The van der Waals surface area contributed by atoms with Gasteiger partial charge in [-0.2, -0.15) is 5.10 Å². The number of nitrogens with two attached hydrogens (primary N) is 1. The monoisotopic (exact) mass is 311 g/mol. The first kappa shape index (κ1) is 13.1. The van der Waals surface area contributed by atoms with Crippen molar-refractivity contribution >= 4 is 21.7 Å². The largest absolute Gasteiger partial charge is 0.383 e. The lowest BCUT2D eigenvalue weighted by atomic mass is 10.1. The Hall–Kier alpha value is -1.36. The Kier molecular flexibility index (Phi) is 3.71. The van der Waals surface area contributed by atoms with E-state index < -0.39 is 0 Å². The second kappa shape index (κ2) is 5.10. The van der Waals surface area contributed by atoms with Crippen LogP contribution in [0.3, 0.4) is 0 Å². The van der Waals surface area contributed by atoms with Crippen LogP contribution in [0.5, 0.6) is 0 Å². The van der Waals surface area contributed by atoms with Gasteiger partial charge in [0.25, 0.3) is 0 Å². The Bertz CT molecular complexity index is 548. The first-order valence-corrected chi connectivity index (χ1v) is 6.53. The second-order valence-corrected chi connectivity index (χ2v) is 5.20. The van der Waals surface area contributed by atoms with Gasteiger partial charge in [-0.3, -0.25) is 0 Å². The minimum absolute atomic E-state index is 0.125. The normalized spacial score (nSPS) is 12.7. The van der Waals surface area contributed by atoms with Crippen molar-refractivity contribution in [3.63, 3.8) is 0 Å². The average molecular weight is 312 g/mol. The molecule has 0 spiro atoms. The fraction of sp³-hybridized carbons (Fsp3) is 0.308. The zero-order chi connectivity index (χ0) is 13.3. The highest BCUT2D eigenvalue weighted by Gasteiger charge is 2.15. The molecule has 96 valence electrons. The number of nitrogens with zero attached hydrogens (tertiary/aromatic N) is 2. The Morgan fingerprint density at radius 2 is 2.00 bits per heavy atom. The molecule has 18 heavy (non-hydrogen) atoms. The van der Waals surface area contributed by atoms with Gasteiger partial charge in [-0.1, -0.05) is 12.1 Å². The fourth-order valence-corrected chi connectivity index (χ4v) is 2.19. The van der Waals surface area contributed by atoms with Crippen LogP contribution in [0.25, 0.3) is 0 Å². The van der Waals surface area contributed by atoms with Crippen molar-refractivity contribution in [2.45, 2.75) is 26.3 Å². The molecule has 0 fully saturated rings. The highest BCUT2D eigenvalue weighted by Crippen LogP contribution is 2.27. The summed E-state index contributed by atoms with van der Waals surface area (Å²) in [5, 5.41) is 4.39. The lowest BCUT2D eigenvalue weighted by molar-refractivity contribution is 0.493. The van der Waals surface area contributed by atoms with E-state index in [-0.39, 0.29) is 11.9 Å². The highest BCUT2D eigenvalue weighted by molar-refractivity contribution is 9.10. The smallest absolute Gasteiger partial charge is 0.136 e. The van der Waals surface area contributed by atoms with E-state index in [1.165, 1.54) is 12.1 Å². The molecule has 0 aliphatic heterocycles. The lowest BCUT2D eigenvalue weighted by Gasteiger charge is -2.14. The third-order valence-corrected chi connectivity index (χ3v) is 3.89. The van der Waals surface area contributed by atoms with Crippen LogP contribution in [0.1, 0.15) is 24.2 Å². The molecule has 1 heterocycles. The molecule has 1 atom stereocenters. The summed E-state index contributed by atoms with van der Waals surface area (Å²) in [6.45, 7) is 3.94. The van der Waals surface area contributed by atoms with Gasteiger partial charge >= 0.3 is 0 Å². The number of nitrogen functional groups attached to an aromatic ring is 1. The molecule has 0 aliphatic rings. The Morgan fingerprint density at radius 3 is 2.50 bits per heavy atom. The van der Waals surface area contributed by atoms with Gasteiger partial charge in [0.15, 0.2) is 0 Å². The van der Waals surface area contributed by atoms with E-state index in [0.717, 1.165) is 22.2 Å². The maximum absolute atomic E-state index is 12.8. The summed E-state index contributed by atoms with van der Waals surface area (Å²) < 4.78 is 15.5. The quantitative estimate of drug-likeness (QED) is 0.943. The molecule has 0 saturated carbocycles. The maximum Gasteiger partial charge on any atom is 0.136 e. The van der Waals surface area contributed by atoms with Crippen LogP contribution in [-0.4, -0.2) is 9.78 Å². The molecule has 0 bridgehead atoms. The van der Waals surface area contributed by atoms with E-state index in [1.807, 2.05) is 13.8 Å². The number of aryl methyl sites for hydroxylation is 1. The molecule has 2 N–H and O–H groups in total. The van der Waals surface area contributed by atoms with Crippen LogP contribution >= 0.6 is 15.9 Å². The van der Waals surface area contributed by atoms with Crippen molar-refractivity contribution in [1.82, 2.24) is 9.78 Å². The zero-order valence-corrected chi connectivity index (χ0v) is 11.9. The van der Waals surface area contributed by atoms with Gasteiger partial charge in [0.2, 0.25) is 0 Å². The second-order valence-electron chi connectivity index (χ2n) is 4.41. The molecule has 2 aromatic rings. The molecule has 0 amide bonds. The highest BCUT2D eigenvalue weighted by atomic mass is 79.9. The topological polar surface area (TPSA) is 43.8 Å². The third-order valence-electron chi connectivity index (χ3n) is 2.91. The number of halogens is 2. The molecule has 3 nitrogen and oxygen atoms in total. The van der Waals surface area contributed by atoms with Crippen LogP contribution in [-0.2, 0) is 6.42 Å². The number of hydrogen-bond donors (Lipinski definition) is 1. The van der Waals surface area contributed by atoms with E-state index in [4.69, 9.17) is 5.73 Å². The van der Waals surface area contributed by atoms with E-state index in [0.29, 0.717) is 5.82 Å². The Balaban J connectivity index is 2.19. The van der Waals surface area contributed by atoms with Gasteiger partial charge in [0.1, 0.15) is 11.6 Å². The van der Waals surface area contributed by atoms with Crippen molar-refractivity contribution in [2.24, 2.45) is 0 Å². The summed E-state index contributed by atoms with van der Waals surface area (Å²) in [6.07, 6.45) is 0.762. The van der Waals surface area contributed by atoms with Crippen LogP contribution in [0, 0.1) is 12.7 Å². The van der Waals surface area contributed by atoms with Gasteiger partial charge in [-0.25, -0.2) is 9.07 Å². The van der Waals surface area contributed by atoms with Crippen LogP contribution in [0.15, 0.2) is 28.7 Å². The number of benzene rings is 1. The molecule has 0 aliphatic carbocycles.